The third kappa shape index (κ3) is 4.28. The minimum atomic E-state index is -0.233. The molecule has 0 unspecified atom stereocenters. The largest absolute Gasteiger partial charge is 0.395 e. The number of rotatable bonds is 4. The zero-order chi connectivity index (χ0) is 12.7. The van der Waals surface area contributed by atoms with Gasteiger partial charge >= 0.3 is 6.03 Å². The predicted molar refractivity (Wildman–Crippen MR) is 68.5 cm³/mol. The van der Waals surface area contributed by atoms with Gasteiger partial charge in [0.1, 0.15) is 0 Å². The van der Waals surface area contributed by atoms with Crippen LogP contribution in [0, 0.1) is 6.92 Å². The molecule has 0 spiro atoms. The van der Waals surface area contributed by atoms with Crippen molar-refractivity contribution < 1.29 is 9.90 Å². The minimum absolute atomic E-state index is 0.0363. The third-order valence-corrected chi connectivity index (χ3v) is 2.44. The van der Waals surface area contributed by atoms with Crippen LogP contribution in [0.2, 0.25) is 0 Å². The summed E-state index contributed by atoms with van der Waals surface area (Å²) in [6.45, 7) is 2.30. The van der Waals surface area contributed by atoms with Crippen LogP contribution in [0.3, 0.4) is 0 Å². The van der Waals surface area contributed by atoms with Crippen LogP contribution >= 0.6 is 0 Å². The van der Waals surface area contributed by atoms with Crippen LogP contribution in [0.25, 0.3) is 6.08 Å². The van der Waals surface area contributed by atoms with Crippen molar-refractivity contribution in [3.8, 4) is 0 Å². The fourth-order valence-electron chi connectivity index (χ4n) is 1.34. The van der Waals surface area contributed by atoms with Gasteiger partial charge in [0.15, 0.2) is 0 Å². The lowest BCUT2D eigenvalue weighted by Gasteiger charge is -2.14. The number of likely N-dealkylation sites (N-methyl/N-ethyl adjacent to an activating group) is 1. The Bertz CT molecular complexity index is 402. The van der Waals surface area contributed by atoms with Crippen LogP contribution in [0.15, 0.2) is 30.5 Å². The molecular formula is C13H18N2O2. The summed E-state index contributed by atoms with van der Waals surface area (Å²) >= 11 is 0. The standard InChI is InChI=1S/C13H18N2O2/c1-11-5-3-4-6-12(11)7-8-14-13(17)15(2)9-10-16/h3-8,16H,9-10H2,1-2H3,(H,14,17)/b8-7+. The lowest BCUT2D eigenvalue weighted by Crippen LogP contribution is -2.36. The molecule has 0 radical (unpaired) electrons. The molecule has 0 aliphatic rings. The van der Waals surface area contributed by atoms with Crippen molar-refractivity contribution in [2.45, 2.75) is 6.92 Å². The second-order valence-electron chi connectivity index (χ2n) is 3.78. The number of carbonyl (C=O) groups excluding carboxylic acids is 1. The quantitative estimate of drug-likeness (QED) is 0.831. The molecule has 0 atom stereocenters. The molecule has 0 fully saturated rings. The number of hydrogen-bond acceptors (Lipinski definition) is 2. The van der Waals surface area contributed by atoms with E-state index in [4.69, 9.17) is 5.11 Å². The molecule has 4 nitrogen and oxygen atoms in total. The maximum atomic E-state index is 11.5. The van der Waals surface area contributed by atoms with E-state index in [-0.39, 0.29) is 12.6 Å². The van der Waals surface area contributed by atoms with E-state index in [0.717, 1.165) is 11.1 Å². The molecule has 0 bridgehead atoms. The van der Waals surface area contributed by atoms with Gasteiger partial charge in [-0.1, -0.05) is 24.3 Å². The van der Waals surface area contributed by atoms with Crippen LogP contribution in [-0.4, -0.2) is 36.2 Å². The maximum absolute atomic E-state index is 11.5. The predicted octanol–water partition coefficient (Wildman–Crippen LogP) is 1.60. The highest BCUT2D eigenvalue weighted by atomic mass is 16.3. The first kappa shape index (κ1) is 13.3. The number of amides is 2. The minimum Gasteiger partial charge on any atom is -0.395 e. The monoisotopic (exact) mass is 234 g/mol. The Hall–Kier alpha value is -1.81. The number of aryl methyl sites for hydroxylation is 1. The SMILES string of the molecule is Cc1ccccc1/C=C/NC(=O)N(C)CCO. The number of hydrogen-bond donors (Lipinski definition) is 2. The summed E-state index contributed by atoms with van der Waals surface area (Å²) in [5.41, 5.74) is 2.22. The van der Waals surface area contributed by atoms with Crippen LogP contribution in [0.1, 0.15) is 11.1 Å². The molecule has 1 rings (SSSR count). The highest BCUT2D eigenvalue weighted by Crippen LogP contribution is 2.07. The number of nitrogens with one attached hydrogen (secondary N) is 1. The summed E-state index contributed by atoms with van der Waals surface area (Å²) in [6.07, 6.45) is 3.46. The number of nitrogens with zero attached hydrogens (tertiary/aromatic N) is 1. The molecule has 1 aromatic carbocycles. The number of urea groups is 1. The Balaban J connectivity index is 2.51. The summed E-state index contributed by atoms with van der Waals surface area (Å²) in [6, 6.07) is 7.69. The van der Waals surface area contributed by atoms with E-state index in [1.807, 2.05) is 37.3 Å². The zero-order valence-electron chi connectivity index (χ0n) is 10.2. The van der Waals surface area contributed by atoms with Gasteiger partial charge in [0.05, 0.1) is 6.61 Å². The topological polar surface area (TPSA) is 52.6 Å². The lowest BCUT2D eigenvalue weighted by molar-refractivity contribution is 0.194. The van der Waals surface area contributed by atoms with Crippen LogP contribution in [0.5, 0.6) is 0 Å². The van der Waals surface area contributed by atoms with Crippen molar-refractivity contribution in [2.75, 3.05) is 20.2 Å². The van der Waals surface area contributed by atoms with Gasteiger partial charge in [-0.3, -0.25) is 0 Å². The first-order valence-electron chi connectivity index (χ1n) is 5.50. The van der Waals surface area contributed by atoms with Gasteiger partial charge in [-0.15, -0.1) is 0 Å². The summed E-state index contributed by atoms with van der Waals surface area (Å²) in [5.74, 6) is 0. The molecule has 0 heterocycles. The van der Waals surface area contributed by atoms with Crippen molar-refractivity contribution in [1.82, 2.24) is 10.2 Å². The third-order valence-electron chi connectivity index (χ3n) is 2.44. The van der Waals surface area contributed by atoms with Crippen molar-refractivity contribution >= 4 is 12.1 Å². The Morgan fingerprint density at radius 2 is 2.18 bits per heavy atom. The molecular weight excluding hydrogens is 216 g/mol. The summed E-state index contributed by atoms with van der Waals surface area (Å²) in [4.78, 5) is 12.9. The van der Waals surface area contributed by atoms with Gasteiger partial charge in [-0.25, -0.2) is 4.79 Å². The normalized spacial score (nSPS) is 10.5. The Morgan fingerprint density at radius 3 is 2.82 bits per heavy atom. The Morgan fingerprint density at radius 1 is 1.47 bits per heavy atom. The first-order chi connectivity index (χ1) is 8.15. The number of benzene rings is 1. The molecule has 2 amide bonds. The lowest BCUT2D eigenvalue weighted by atomic mass is 10.1. The van der Waals surface area contributed by atoms with E-state index < -0.39 is 0 Å². The van der Waals surface area contributed by atoms with E-state index in [1.165, 1.54) is 4.90 Å². The van der Waals surface area contributed by atoms with Crippen molar-refractivity contribution in [3.63, 3.8) is 0 Å². The highest BCUT2D eigenvalue weighted by Gasteiger charge is 2.03. The van der Waals surface area contributed by atoms with E-state index in [1.54, 1.807) is 13.2 Å². The van der Waals surface area contributed by atoms with Gasteiger partial charge in [0, 0.05) is 19.8 Å². The van der Waals surface area contributed by atoms with Gasteiger partial charge in [-0.2, -0.15) is 0 Å². The summed E-state index contributed by atoms with van der Waals surface area (Å²) in [7, 11) is 1.63. The molecule has 2 N–H and O–H groups in total. The molecule has 0 saturated carbocycles. The van der Waals surface area contributed by atoms with E-state index in [0.29, 0.717) is 6.54 Å². The van der Waals surface area contributed by atoms with E-state index >= 15 is 0 Å². The van der Waals surface area contributed by atoms with E-state index in [2.05, 4.69) is 5.32 Å². The Labute approximate surface area is 102 Å². The fraction of sp³-hybridized carbons (Fsp3) is 0.308. The molecule has 0 aromatic heterocycles. The van der Waals surface area contributed by atoms with Crippen LogP contribution in [0.4, 0.5) is 4.79 Å². The van der Waals surface area contributed by atoms with Crippen molar-refractivity contribution in [3.05, 3.63) is 41.6 Å². The van der Waals surface area contributed by atoms with Gasteiger partial charge in [0.25, 0.3) is 0 Å². The van der Waals surface area contributed by atoms with E-state index in [9.17, 15) is 4.79 Å². The zero-order valence-corrected chi connectivity index (χ0v) is 10.2. The first-order valence-corrected chi connectivity index (χ1v) is 5.50. The average Bonchev–Trinajstić information content (AvgIpc) is 2.31. The summed E-state index contributed by atoms with van der Waals surface area (Å²) in [5, 5.41) is 11.3. The second-order valence-corrected chi connectivity index (χ2v) is 3.78. The molecule has 92 valence electrons. The van der Waals surface area contributed by atoms with Crippen molar-refractivity contribution in [2.24, 2.45) is 0 Å². The average molecular weight is 234 g/mol. The van der Waals surface area contributed by atoms with Gasteiger partial charge < -0.3 is 15.3 Å². The molecule has 0 aliphatic heterocycles. The summed E-state index contributed by atoms with van der Waals surface area (Å²) < 4.78 is 0. The van der Waals surface area contributed by atoms with Crippen LogP contribution in [-0.2, 0) is 0 Å². The van der Waals surface area contributed by atoms with Gasteiger partial charge in [0.2, 0.25) is 0 Å². The molecule has 0 saturated heterocycles. The molecule has 1 aromatic rings. The highest BCUT2D eigenvalue weighted by molar-refractivity contribution is 5.75. The number of aliphatic hydroxyl groups is 1. The second kappa shape index (κ2) is 6.70. The van der Waals surface area contributed by atoms with Crippen LogP contribution < -0.4 is 5.32 Å². The smallest absolute Gasteiger partial charge is 0.321 e. The van der Waals surface area contributed by atoms with Crippen molar-refractivity contribution in [1.29, 1.82) is 0 Å². The number of aliphatic hydroxyl groups excluding tert-OH is 1. The fourth-order valence-corrected chi connectivity index (χ4v) is 1.34. The molecule has 17 heavy (non-hydrogen) atoms. The van der Waals surface area contributed by atoms with Gasteiger partial charge in [-0.05, 0) is 24.1 Å². The molecule has 4 heteroatoms. The Kier molecular flexibility index (Phi) is 5.23. The number of carbonyl (C=O) groups is 1. The molecule has 0 aliphatic carbocycles. The maximum Gasteiger partial charge on any atom is 0.321 e.